The molecule has 0 bridgehead atoms. The highest BCUT2D eigenvalue weighted by molar-refractivity contribution is 5.87. The van der Waals surface area contributed by atoms with Crippen molar-refractivity contribution in [1.82, 2.24) is 5.32 Å². The Morgan fingerprint density at radius 2 is 2.10 bits per heavy atom. The van der Waals surface area contributed by atoms with E-state index < -0.39 is 0 Å². The molecule has 0 spiro atoms. The van der Waals surface area contributed by atoms with Gasteiger partial charge in [-0.05, 0) is 37.4 Å². The molecule has 20 heavy (non-hydrogen) atoms. The van der Waals surface area contributed by atoms with Crippen LogP contribution >= 0.6 is 0 Å². The van der Waals surface area contributed by atoms with Gasteiger partial charge in [0.15, 0.2) is 11.3 Å². The Bertz CT molecular complexity index is 557. The molecule has 0 atom stereocenters. The van der Waals surface area contributed by atoms with Crippen molar-refractivity contribution in [3.8, 4) is 5.75 Å². The number of benzene rings is 1. The molecule has 110 valence electrons. The Hall–Kier alpha value is -1.48. The number of rotatable bonds is 7. The molecule has 3 heteroatoms. The molecule has 2 aromatic rings. The summed E-state index contributed by atoms with van der Waals surface area (Å²) in [5.41, 5.74) is 2.08. The number of furan rings is 1. The highest BCUT2D eigenvalue weighted by Crippen LogP contribution is 2.32. The zero-order valence-corrected chi connectivity index (χ0v) is 13.0. The van der Waals surface area contributed by atoms with Gasteiger partial charge < -0.3 is 14.5 Å². The number of hydrogen-bond donors (Lipinski definition) is 1. The van der Waals surface area contributed by atoms with E-state index in [4.69, 9.17) is 9.15 Å². The van der Waals surface area contributed by atoms with Gasteiger partial charge in [0.05, 0.1) is 13.2 Å². The van der Waals surface area contributed by atoms with Crippen LogP contribution < -0.4 is 10.1 Å². The van der Waals surface area contributed by atoms with E-state index in [0.29, 0.717) is 5.92 Å². The summed E-state index contributed by atoms with van der Waals surface area (Å²) in [6.45, 7) is 11.1. The van der Waals surface area contributed by atoms with Crippen LogP contribution in [0, 0.1) is 12.8 Å². The van der Waals surface area contributed by atoms with Crippen molar-refractivity contribution < 1.29 is 9.15 Å². The fourth-order valence-electron chi connectivity index (χ4n) is 2.24. The molecule has 3 nitrogen and oxygen atoms in total. The number of fused-ring (bicyclic) bond motifs is 1. The van der Waals surface area contributed by atoms with Crippen LogP contribution in [0.1, 0.15) is 38.5 Å². The Balaban J connectivity index is 2.22. The summed E-state index contributed by atoms with van der Waals surface area (Å²) in [6, 6.07) is 6.10. The van der Waals surface area contributed by atoms with Crippen LogP contribution in [0.3, 0.4) is 0 Å². The van der Waals surface area contributed by atoms with Crippen molar-refractivity contribution in [2.45, 2.75) is 40.7 Å². The average Bonchev–Trinajstić information content (AvgIpc) is 2.74. The van der Waals surface area contributed by atoms with E-state index in [2.05, 4.69) is 39.1 Å². The third kappa shape index (κ3) is 3.34. The maximum atomic E-state index is 6.02. The molecule has 0 aliphatic heterocycles. The van der Waals surface area contributed by atoms with Crippen molar-refractivity contribution in [2.75, 3.05) is 13.2 Å². The highest BCUT2D eigenvalue weighted by Gasteiger charge is 2.13. The van der Waals surface area contributed by atoms with E-state index in [9.17, 15) is 0 Å². The third-order valence-corrected chi connectivity index (χ3v) is 3.33. The molecule has 0 amide bonds. The smallest absolute Gasteiger partial charge is 0.176 e. The van der Waals surface area contributed by atoms with Gasteiger partial charge in [0, 0.05) is 5.39 Å². The number of hydrogen-bond acceptors (Lipinski definition) is 3. The third-order valence-electron chi connectivity index (χ3n) is 3.33. The number of para-hydroxylation sites is 1. The van der Waals surface area contributed by atoms with Gasteiger partial charge in [-0.1, -0.05) is 32.9 Å². The average molecular weight is 275 g/mol. The zero-order valence-electron chi connectivity index (χ0n) is 13.0. The van der Waals surface area contributed by atoms with Gasteiger partial charge in [-0.15, -0.1) is 0 Å². The van der Waals surface area contributed by atoms with Crippen molar-refractivity contribution in [2.24, 2.45) is 5.92 Å². The first-order valence-electron chi connectivity index (χ1n) is 7.48. The van der Waals surface area contributed by atoms with Crippen molar-refractivity contribution in [3.05, 3.63) is 29.5 Å². The van der Waals surface area contributed by atoms with Gasteiger partial charge in [-0.3, -0.25) is 0 Å². The lowest BCUT2D eigenvalue weighted by Crippen LogP contribution is -2.18. The van der Waals surface area contributed by atoms with Gasteiger partial charge in [0.1, 0.15) is 5.76 Å². The second-order valence-corrected chi connectivity index (χ2v) is 5.66. The second-order valence-electron chi connectivity index (χ2n) is 5.66. The molecule has 1 aromatic heterocycles. The molecule has 0 radical (unpaired) electrons. The van der Waals surface area contributed by atoms with Crippen LogP contribution in [0.4, 0.5) is 0 Å². The molecule has 0 saturated heterocycles. The van der Waals surface area contributed by atoms with Crippen LogP contribution in [0.2, 0.25) is 0 Å². The number of nitrogens with one attached hydrogen (secondary N) is 1. The summed E-state index contributed by atoms with van der Waals surface area (Å²) >= 11 is 0. The summed E-state index contributed by atoms with van der Waals surface area (Å²) < 4.78 is 11.8. The fraction of sp³-hybridized carbons (Fsp3) is 0.529. The van der Waals surface area contributed by atoms with Gasteiger partial charge in [-0.25, -0.2) is 0 Å². The predicted octanol–water partition coefficient (Wildman–Crippen LogP) is 4.28. The number of aryl methyl sites for hydroxylation is 1. The first kappa shape index (κ1) is 14.9. The van der Waals surface area contributed by atoms with E-state index in [-0.39, 0.29) is 0 Å². The minimum absolute atomic E-state index is 0.642. The van der Waals surface area contributed by atoms with E-state index in [1.54, 1.807) is 0 Å². The lowest BCUT2D eigenvalue weighted by molar-refractivity contribution is 0.315. The molecule has 0 fully saturated rings. The quantitative estimate of drug-likeness (QED) is 0.819. The van der Waals surface area contributed by atoms with Crippen LogP contribution in [0.25, 0.3) is 11.0 Å². The molecule has 2 rings (SSSR count). The first-order chi connectivity index (χ1) is 9.63. The molecule has 0 unspecified atom stereocenters. The minimum Gasteiger partial charge on any atom is -0.490 e. The summed E-state index contributed by atoms with van der Waals surface area (Å²) in [5, 5.41) is 4.58. The predicted molar refractivity (Wildman–Crippen MR) is 83.3 cm³/mol. The molecule has 1 aromatic carbocycles. The van der Waals surface area contributed by atoms with Crippen LogP contribution in [-0.2, 0) is 6.54 Å². The fourth-order valence-corrected chi connectivity index (χ4v) is 2.24. The lowest BCUT2D eigenvalue weighted by atomic mass is 10.1. The summed E-state index contributed by atoms with van der Waals surface area (Å²) in [4.78, 5) is 0. The van der Waals surface area contributed by atoms with E-state index in [1.807, 2.05) is 12.1 Å². The maximum absolute atomic E-state index is 6.02. The summed E-state index contributed by atoms with van der Waals surface area (Å²) in [6.07, 6.45) is 0.999. The van der Waals surface area contributed by atoms with E-state index in [0.717, 1.165) is 48.6 Å². The van der Waals surface area contributed by atoms with Crippen molar-refractivity contribution in [3.63, 3.8) is 0 Å². The molecule has 0 aliphatic carbocycles. The second kappa shape index (κ2) is 6.80. The van der Waals surface area contributed by atoms with Crippen LogP contribution in [-0.4, -0.2) is 13.2 Å². The Morgan fingerprint density at radius 3 is 2.80 bits per heavy atom. The standard InChI is InChI=1S/C17H25NO2/c1-5-9-19-15-8-6-7-14-13(4)16(20-17(14)15)11-18-10-12(2)3/h6-8,12,18H,5,9-11H2,1-4H3. The van der Waals surface area contributed by atoms with Crippen molar-refractivity contribution >= 4 is 11.0 Å². The van der Waals surface area contributed by atoms with Gasteiger partial charge in [0.25, 0.3) is 0 Å². The first-order valence-corrected chi connectivity index (χ1v) is 7.48. The highest BCUT2D eigenvalue weighted by atomic mass is 16.5. The summed E-state index contributed by atoms with van der Waals surface area (Å²) in [7, 11) is 0. The SMILES string of the molecule is CCCOc1cccc2c(C)c(CNCC(C)C)oc12. The molecule has 0 saturated carbocycles. The van der Waals surface area contributed by atoms with Gasteiger partial charge in [0.2, 0.25) is 0 Å². The zero-order chi connectivity index (χ0) is 14.5. The van der Waals surface area contributed by atoms with E-state index >= 15 is 0 Å². The molecule has 1 heterocycles. The Morgan fingerprint density at radius 1 is 1.30 bits per heavy atom. The minimum atomic E-state index is 0.642. The van der Waals surface area contributed by atoms with Gasteiger partial charge in [-0.2, -0.15) is 0 Å². The Labute approximate surface area is 121 Å². The maximum Gasteiger partial charge on any atom is 0.176 e. The van der Waals surface area contributed by atoms with Gasteiger partial charge >= 0.3 is 0 Å². The summed E-state index contributed by atoms with van der Waals surface area (Å²) in [5.74, 6) is 2.50. The number of ether oxygens (including phenoxy) is 1. The van der Waals surface area contributed by atoms with E-state index in [1.165, 1.54) is 5.56 Å². The molecule has 0 aliphatic rings. The monoisotopic (exact) mass is 275 g/mol. The molecular formula is C17H25NO2. The largest absolute Gasteiger partial charge is 0.490 e. The lowest BCUT2D eigenvalue weighted by Gasteiger charge is -2.06. The van der Waals surface area contributed by atoms with Crippen LogP contribution in [0.15, 0.2) is 22.6 Å². The molecule has 1 N–H and O–H groups in total. The normalized spacial score (nSPS) is 11.4. The van der Waals surface area contributed by atoms with Crippen LogP contribution in [0.5, 0.6) is 5.75 Å². The molecular weight excluding hydrogens is 250 g/mol. The topological polar surface area (TPSA) is 34.4 Å². The Kier molecular flexibility index (Phi) is 5.07. The van der Waals surface area contributed by atoms with Crippen molar-refractivity contribution in [1.29, 1.82) is 0 Å².